The predicted octanol–water partition coefficient (Wildman–Crippen LogP) is 6.49. The lowest BCUT2D eigenvalue weighted by Gasteiger charge is -2.07. The first-order chi connectivity index (χ1) is 14.1. The van der Waals surface area contributed by atoms with Gasteiger partial charge in [-0.05, 0) is 56.3 Å². The summed E-state index contributed by atoms with van der Waals surface area (Å²) >= 11 is 8.34. The molecule has 2 heterocycles. The first-order valence-electron chi connectivity index (χ1n) is 9.59. The number of carbonyl (C=O) groups is 1. The van der Waals surface area contributed by atoms with E-state index < -0.39 is 0 Å². The molecule has 2 aromatic heterocycles. The van der Waals surface area contributed by atoms with E-state index in [1.54, 1.807) is 0 Å². The molecule has 0 bridgehead atoms. The van der Waals surface area contributed by atoms with Crippen LogP contribution in [0, 0.1) is 0 Å². The SMILES string of the molecule is CCCCCCc1ccc2c(c1)-c1nc3c(Br)c4nsnc4c(Br)c3nc1C2=O. The van der Waals surface area contributed by atoms with Gasteiger partial charge in [0, 0.05) is 11.1 Å². The summed E-state index contributed by atoms with van der Waals surface area (Å²) < 4.78 is 10.2. The normalized spacial score (nSPS) is 12.7. The number of ketones is 1. The van der Waals surface area contributed by atoms with Gasteiger partial charge in [0.05, 0.1) is 20.7 Å². The maximum absolute atomic E-state index is 13.0. The van der Waals surface area contributed by atoms with E-state index in [1.165, 1.54) is 24.8 Å². The number of carbonyl (C=O) groups excluding carboxylic acids is 1. The van der Waals surface area contributed by atoms with Crippen molar-refractivity contribution in [1.82, 2.24) is 18.7 Å². The van der Waals surface area contributed by atoms with E-state index in [0.29, 0.717) is 28.0 Å². The largest absolute Gasteiger partial charge is 0.287 e. The van der Waals surface area contributed by atoms with Crippen LogP contribution in [0.25, 0.3) is 33.3 Å². The van der Waals surface area contributed by atoms with E-state index in [4.69, 9.17) is 9.97 Å². The van der Waals surface area contributed by atoms with Crippen molar-refractivity contribution in [2.24, 2.45) is 0 Å². The average Bonchev–Trinajstić information content (AvgIpc) is 3.33. The van der Waals surface area contributed by atoms with Crippen LogP contribution in [0.2, 0.25) is 0 Å². The minimum atomic E-state index is -0.0681. The Bertz CT molecular complexity index is 1300. The molecule has 0 spiro atoms. The van der Waals surface area contributed by atoms with Crippen LogP contribution in [0.3, 0.4) is 0 Å². The molecule has 1 aliphatic rings. The molecule has 0 unspecified atom stereocenters. The second-order valence-corrected chi connectivity index (χ2v) is 9.34. The zero-order valence-corrected chi connectivity index (χ0v) is 19.6. The molecule has 0 amide bonds. The fraction of sp³-hybridized carbons (Fsp3) is 0.286. The number of aryl methyl sites for hydroxylation is 1. The van der Waals surface area contributed by atoms with E-state index in [-0.39, 0.29) is 5.78 Å². The average molecular weight is 532 g/mol. The molecule has 0 fully saturated rings. The maximum atomic E-state index is 13.0. The highest BCUT2D eigenvalue weighted by molar-refractivity contribution is 9.11. The second kappa shape index (κ2) is 7.49. The molecular formula is C21H16Br2N4OS. The minimum absolute atomic E-state index is 0.0681. The fourth-order valence-corrected chi connectivity index (χ4v) is 5.71. The van der Waals surface area contributed by atoms with Crippen molar-refractivity contribution in [2.45, 2.75) is 39.0 Å². The van der Waals surface area contributed by atoms with E-state index in [0.717, 1.165) is 50.1 Å². The molecule has 0 aliphatic heterocycles. The van der Waals surface area contributed by atoms with E-state index in [9.17, 15) is 4.79 Å². The Morgan fingerprint density at radius 1 is 0.862 bits per heavy atom. The number of aromatic nitrogens is 4. The number of nitrogens with zero attached hydrogens (tertiary/aromatic N) is 4. The van der Waals surface area contributed by atoms with Gasteiger partial charge in [-0.1, -0.05) is 38.3 Å². The molecule has 0 saturated heterocycles. The zero-order valence-electron chi connectivity index (χ0n) is 15.6. The lowest BCUT2D eigenvalue weighted by Crippen LogP contribution is -2.01. The maximum Gasteiger partial charge on any atom is 0.214 e. The van der Waals surface area contributed by atoms with E-state index in [1.807, 2.05) is 6.07 Å². The molecular weight excluding hydrogens is 516 g/mol. The van der Waals surface area contributed by atoms with Gasteiger partial charge in [-0.2, -0.15) is 8.75 Å². The van der Waals surface area contributed by atoms with Gasteiger partial charge in [-0.25, -0.2) is 9.97 Å². The van der Waals surface area contributed by atoms with Crippen molar-refractivity contribution >= 4 is 71.4 Å². The van der Waals surface area contributed by atoms with Crippen LogP contribution < -0.4 is 0 Å². The smallest absolute Gasteiger partial charge is 0.214 e. The van der Waals surface area contributed by atoms with Crippen molar-refractivity contribution in [3.8, 4) is 11.3 Å². The second-order valence-electron chi connectivity index (χ2n) is 7.23. The van der Waals surface area contributed by atoms with Gasteiger partial charge in [-0.15, -0.1) is 0 Å². The van der Waals surface area contributed by atoms with Gasteiger partial charge >= 0.3 is 0 Å². The van der Waals surface area contributed by atoms with Crippen LogP contribution in [0.5, 0.6) is 0 Å². The molecule has 146 valence electrons. The fourth-order valence-electron chi connectivity index (χ4n) is 3.81. The van der Waals surface area contributed by atoms with Crippen LogP contribution in [-0.2, 0) is 6.42 Å². The first kappa shape index (κ1) is 19.2. The van der Waals surface area contributed by atoms with Gasteiger partial charge in [0.2, 0.25) is 5.78 Å². The summed E-state index contributed by atoms with van der Waals surface area (Å²) in [6.45, 7) is 2.22. The predicted molar refractivity (Wildman–Crippen MR) is 123 cm³/mol. The van der Waals surface area contributed by atoms with Crippen LogP contribution in [-0.4, -0.2) is 24.5 Å². The number of benzene rings is 2. The third kappa shape index (κ3) is 3.04. The third-order valence-electron chi connectivity index (χ3n) is 5.33. The Balaban J connectivity index is 1.65. The number of unbranched alkanes of at least 4 members (excludes halogenated alkanes) is 3. The lowest BCUT2D eigenvalue weighted by atomic mass is 10.0. The molecule has 1 aliphatic carbocycles. The van der Waals surface area contributed by atoms with Crippen molar-refractivity contribution in [1.29, 1.82) is 0 Å². The summed E-state index contributed by atoms with van der Waals surface area (Å²) in [5.41, 5.74) is 6.64. The van der Waals surface area contributed by atoms with Gasteiger partial charge < -0.3 is 0 Å². The third-order valence-corrected chi connectivity index (χ3v) is 7.36. The summed E-state index contributed by atoms with van der Waals surface area (Å²) in [4.78, 5) is 22.6. The van der Waals surface area contributed by atoms with Gasteiger partial charge in [0.25, 0.3) is 0 Å². The highest BCUT2D eigenvalue weighted by Gasteiger charge is 2.31. The van der Waals surface area contributed by atoms with Crippen LogP contribution in [0.1, 0.15) is 54.2 Å². The van der Waals surface area contributed by atoms with E-state index in [2.05, 4.69) is 59.7 Å². The monoisotopic (exact) mass is 530 g/mol. The Hall–Kier alpha value is -1.77. The summed E-state index contributed by atoms with van der Waals surface area (Å²) in [7, 11) is 0. The lowest BCUT2D eigenvalue weighted by molar-refractivity contribution is 0.103. The van der Waals surface area contributed by atoms with Crippen LogP contribution in [0.4, 0.5) is 0 Å². The van der Waals surface area contributed by atoms with Crippen molar-refractivity contribution < 1.29 is 4.79 Å². The van der Waals surface area contributed by atoms with Crippen molar-refractivity contribution in [3.63, 3.8) is 0 Å². The molecule has 0 atom stereocenters. The van der Waals surface area contributed by atoms with Crippen molar-refractivity contribution in [3.05, 3.63) is 44.0 Å². The molecule has 0 radical (unpaired) electrons. The Morgan fingerprint density at radius 3 is 2.24 bits per heavy atom. The number of rotatable bonds is 5. The quantitative estimate of drug-likeness (QED) is 0.242. The minimum Gasteiger partial charge on any atom is -0.287 e. The van der Waals surface area contributed by atoms with Crippen LogP contribution in [0.15, 0.2) is 27.1 Å². The summed E-state index contributed by atoms with van der Waals surface area (Å²) in [6.07, 6.45) is 5.88. The van der Waals surface area contributed by atoms with Gasteiger partial charge in [0.15, 0.2) is 0 Å². The highest BCUT2D eigenvalue weighted by Crippen LogP contribution is 2.41. The summed E-state index contributed by atoms with van der Waals surface area (Å²) in [6, 6.07) is 6.09. The van der Waals surface area contributed by atoms with Crippen LogP contribution >= 0.6 is 43.6 Å². The zero-order chi connectivity index (χ0) is 20.1. The molecule has 0 saturated carbocycles. The van der Waals surface area contributed by atoms with Crippen molar-refractivity contribution in [2.75, 3.05) is 0 Å². The topological polar surface area (TPSA) is 68.6 Å². The standard InChI is InChI=1S/C21H16Br2N4OS/c1-2-3-4-5-6-10-7-8-11-12(9-10)15-20(21(11)28)25-17-14(23)19-18(26-29-27-19)13(22)16(17)24-15/h7-9H,2-6H2,1H3. The van der Waals surface area contributed by atoms with Gasteiger partial charge in [0.1, 0.15) is 33.5 Å². The number of hydrogen-bond donors (Lipinski definition) is 0. The number of fused-ring (bicyclic) bond motifs is 5. The summed E-state index contributed by atoms with van der Waals surface area (Å²) in [5, 5.41) is 0. The number of halogens is 2. The molecule has 29 heavy (non-hydrogen) atoms. The molecule has 5 nitrogen and oxygen atoms in total. The molecule has 0 N–H and O–H groups in total. The molecule has 2 aromatic carbocycles. The molecule has 4 aromatic rings. The Kier molecular flexibility index (Phi) is 4.96. The molecule has 8 heteroatoms. The Morgan fingerprint density at radius 2 is 1.55 bits per heavy atom. The highest BCUT2D eigenvalue weighted by atomic mass is 79.9. The first-order valence-corrected chi connectivity index (χ1v) is 11.9. The number of hydrogen-bond acceptors (Lipinski definition) is 6. The molecule has 5 rings (SSSR count). The Labute approximate surface area is 188 Å². The summed E-state index contributed by atoms with van der Waals surface area (Å²) in [5.74, 6) is -0.0681. The van der Waals surface area contributed by atoms with E-state index >= 15 is 0 Å². The van der Waals surface area contributed by atoms with Gasteiger partial charge in [-0.3, -0.25) is 4.79 Å².